The summed E-state index contributed by atoms with van der Waals surface area (Å²) in [4.78, 5) is 1.22. The van der Waals surface area contributed by atoms with Crippen molar-refractivity contribution in [2.24, 2.45) is 0 Å². The standard InChI is InChI=1S/C12H5Br2Cl2N3O2/c13-7-8(14)11-12(10(16)9(7)15)18-19(17-11)5-2-1-4(20)3-6(5)21/h1-3,20-21H. The van der Waals surface area contributed by atoms with Crippen molar-refractivity contribution in [3.8, 4) is 17.2 Å². The highest BCUT2D eigenvalue weighted by molar-refractivity contribution is 9.13. The molecule has 108 valence electrons. The van der Waals surface area contributed by atoms with E-state index in [4.69, 9.17) is 23.2 Å². The summed E-state index contributed by atoms with van der Waals surface area (Å²) < 4.78 is 1.18. The summed E-state index contributed by atoms with van der Waals surface area (Å²) >= 11 is 19.0. The van der Waals surface area contributed by atoms with Gasteiger partial charge in [0.2, 0.25) is 0 Å². The number of aromatic nitrogens is 3. The fraction of sp³-hybridized carbons (Fsp3) is 0. The van der Waals surface area contributed by atoms with Crippen LogP contribution in [-0.2, 0) is 0 Å². The van der Waals surface area contributed by atoms with Gasteiger partial charge in [-0.25, -0.2) is 0 Å². The van der Waals surface area contributed by atoms with E-state index in [2.05, 4.69) is 42.1 Å². The zero-order valence-corrected chi connectivity index (χ0v) is 14.7. The third-order valence-corrected chi connectivity index (χ3v) is 5.95. The van der Waals surface area contributed by atoms with Gasteiger partial charge in [-0.15, -0.1) is 15.0 Å². The number of rotatable bonds is 1. The van der Waals surface area contributed by atoms with Crippen molar-refractivity contribution in [1.29, 1.82) is 0 Å². The Kier molecular flexibility index (Phi) is 3.77. The molecule has 0 saturated carbocycles. The number of phenols is 2. The van der Waals surface area contributed by atoms with Crippen molar-refractivity contribution < 1.29 is 10.2 Å². The Balaban J connectivity index is 2.31. The number of hydrogen-bond donors (Lipinski definition) is 2. The Morgan fingerprint density at radius 3 is 2.29 bits per heavy atom. The smallest absolute Gasteiger partial charge is 0.146 e. The maximum absolute atomic E-state index is 9.88. The van der Waals surface area contributed by atoms with E-state index in [1.807, 2.05) is 0 Å². The minimum absolute atomic E-state index is 0.0574. The fourth-order valence-corrected chi connectivity index (χ4v) is 3.28. The zero-order valence-electron chi connectivity index (χ0n) is 9.98. The second-order valence-corrected chi connectivity index (χ2v) is 6.46. The molecule has 0 aliphatic rings. The van der Waals surface area contributed by atoms with Crippen LogP contribution in [0.15, 0.2) is 27.1 Å². The van der Waals surface area contributed by atoms with Crippen molar-refractivity contribution in [3.63, 3.8) is 0 Å². The predicted octanol–water partition coefficient (Wildman–Crippen LogP) is 4.66. The lowest BCUT2D eigenvalue weighted by atomic mass is 10.3. The minimum Gasteiger partial charge on any atom is -0.508 e. The molecule has 0 amide bonds. The van der Waals surface area contributed by atoms with Crippen LogP contribution < -0.4 is 0 Å². The molecule has 0 spiro atoms. The highest BCUT2D eigenvalue weighted by Crippen LogP contribution is 2.42. The third-order valence-electron chi connectivity index (χ3n) is 2.78. The molecule has 5 nitrogen and oxygen atoms in total. The first-order valence-electron chi connectivity index (χ1n) is 5.51. The molecule has 2 N–H and O–H groups in total. The van der Waals surface area contributed by atoms with Crippen molar-refractivity contribution in [2.45, 2.75) is 0 Å². The largest absolute Gasteiger partial charge is 0.508 e. The van der Waals surface area contributed by atoms with E-state index in [0.29, 0.717) is 30.7 Å². The SMILES string of the molecule is Oc1ccc(-n2nc3c(Cl)c(Cl)c(Br)c(Br)c3n2)c(O)c1. The molecule has 0 fully saturated rings. The van der Waals surface area contributed by atoms with E-state index in [1.54, 1.807) is 0 Å². The predicted molar refractivity (Wildman–Crippen MR) is 87.6 cm³/mol. The average molecular weight is 454 g/mol. The summed E-state index contributed by atoms with van der Waals surface area (Å²) in [5.74, 6) is -0.217. The van der Waals surface area contributed by atoms with Crippen LogP contribution in [-0.4, -0.2) is 25.2 Å². The van der Waals surface area contributed by atoms with Crippen LogP contribution in [0.2, 0.25) is 10.0 Å². The topological polar surface area (TPSA) is 71.2 Å². The van der Waals surface area contributed by atoms with Crippen LogP contribution in [0.1, 0.15) is 0 Å². The van der Waals surface area contributed by atoms with Gasteiger partial charge in [-0.1, -0.05) is 23.2 Å². The van der Waals surface area contributed by atoms with E-state index >= 15 is 0 Å². The molecular formula is C12H5Br2Cl2N3O2. The van der Waals surface area contributed by atoms with Crippen LogP contribution in [0.4, 0.5) is 0 Å². The quantitative estimate of drug-likeness (QED) is 0.415. The number of aromatic hydroxyl groups is 2. The Morgan fingerprint density at radius 2 is 1.62 bits per heavy atom. The normalized spacial score (nSPS) is 11.2. The Hall–Kier alpha value is -1.02. The molecular weight excluding hydrogens is 449 g/mol. The number of benzene rings is 2. The number of nitrogens with zero attached hydrogens (tertiary/aromatic N) is 3. The number of hydrogen-bond acceptors (Lipinski definition) is 4. The summed E-state index contributed by atoms with van der Waals surface area (Å²) in [6.07, 6.45) is 0. The first-order chi connectivity index (χ1) is 9.90. The van der Waals surface area contributed by atoms with Gasteiger partial charge in [0.15, 0.2) is 0 Å². The number of fused-ring (bicyclic) bond motifs is 1. The zero-order chi connectivity index (χ0) is 15.3. The molecule has 3 rings (SSSR count). The van der Waals surface area contributed by atoms with Gasteiger partial charge in [0.25, 0.3) is 0 Å². The summed E-state index contributed by atoms with van der Waals surface area (Å²) in [7, 11) is 0. The molecule has 0 aliphatic heterocycles. The average Bonchev–Trinajstić information content (AvgIpc) is 2.88. The van der Waals surface area contributed by atoms with Gasteiger partial charge in [-0.2, -0.15) is 0 Å². The summed E-state index contributed by atoms with van der Waals surface area (Å²) in [6, 6.07) is 4.10. The van der Waals surface area contributed by atoms with Crippen LogP contribution in [0, 0.1) is 0 Å². The van der Waals surface area contributed by atoms with Crippen LogP contribution in [0.25, 0.3) is 16.7 Å². The summed E-state index contributed by atoms with van der Waals surface area (Å²) in [5.41, 5.74) is 1.19. The first kappa shape index (κ1) is 14.9. The van der Waals surface area contributed by atoms with Gasteiger partial charge >= 0.3 is 0 Å². The van der Waals surface area contributed by atoms with Gasteiger partial charge in [-0.05, 0) is 44.0 Å². The Bertz CT molecular complexity index is 838. The first-order valence-corrected chi connectivity index (χ1v) is 7.85. The van der Waals surface area contributed by atoms with Crippen molar-refractivity contribution in [2.75, 3.05) is 0 Å². The van der Waals surface area contributed by atoms with Gasteiger partial charge in [-0.3, -0.25) is 0 Å². The lowest BCUT2D eigenvalue weighted by Gasteiger charge is -2.02. The van der Waals surface area contributed by atoms with E-state index in [0.717, 1.165) is 0 Å². The molecule has 0 atom stereocenters. The molecule has 21 heavy (non-hydrogen) atoms. The Morgan fingerprint density at radius 1 is 0.952 bits per heavy atom. The van der Waals surface area contributed by atoms with Crippen LogP contribution in [0.5, 0.6) is 11.5 Å². The fourth-order valence-electron chi connectivity index (χ4n) is 1.79. The maximum atomic E-state index is 9.88. The van der Waals surface area contributed by atoms with Gasteiger partial charge < -0.3 is 10.2 Å². The monoisotopic (exact) mass is 451 g/mol. The van der Waals surface area contributed by atoms with Gasteiger partial charge in [0, 0.05) is 6.07 Å². The second-order valence-electron chi connectivity index (χ2n) is 4.12. The van der Waals surface area contributed by atoms with E-state index in [9.17, 15) is 10.2 Å². The molecule has 0 saturated heterocycles. The molecule has 1 aromatic heterocycles. The highest BCUT2D eigenvalue weighted by atomic mass is 79.9. The number of phenolic OH excluding ortho intramolecular Hbond substituents is 2. The molecule has 2 aromatic carbocycles. The molecule has 0 aliphatic carbocycles. The van der Waals surface area contributed by atoms with Crippen LogP contribution >= 0.6 is 55.1 Å². The lowest BCUT2D eigenvalue weighted by Crippen LogP contribution is -1.98. The summed E-state index contributed by atoms with van der Waals surface area (Å²) in [6.45, 7) is 0. The maximum Gasteiger partial charge on any atom is 0.146 e. The molecule has 0 bridgehead atoms. The third kappa shape index (κ3) is 2.38. The van der Waals surface area contributed by atoms with Crippen LogP contribution in [0.3, 0.4) is 0 Å². The van der Waals surface area contributed by atoms with E-state index in [1.165, 1.54) is 23.0 Å². The number of halogens is 4. The molecule has 0 unspecified atom stereocenters. The van der Waals surface area contributed by atoms with Crippen molar-refractivity contribution in [1.82, 2.24) is 15.0 Å². The molecule has 0 radical (unpaired) electrons. The highest BCUT2D eigenvalue weighted by Gasteiger charge is 2.20. The Labute approximate surface area is 145 Å². The van der Waals surface area contributed by atoms with Crippen molar-refractivity contribution >= 4 is 66.1 Å². The van der Waals surface area contributed by atoms with Gasteiger partial charge in [0.1, 0.15) is 28.2 Å². The minimum atomic E-state index is -0.160. The van der Waals surface area contributed by atoms with E-state index < -0.39 is 0 Å². The molecule has 1 heterocycles. The summed E-state index contributed by atoms with van der Waals surface area (Å²) in [5, 5.41) is 28.3. The lowest BCUT2D eigenvalue weighted by molar-refractivity contribution is 0.446. The second kappa shape index (κ2) is 5.31. The van der Waals surface area contributed by atoms with Crippen molar-refractivity contribution in [3.05, 3.63) is 37.2 Å². The molecule has 9 heteroatoms. The van der Waals surface area contributed by atoms with Gasteiger partial charge in [0.05, 0.1) is 19.0 Å². The molecule has 3 aromatic rings. The van der Waals surface area contributed by atoms with E-state index in [-0.39, 0.29) is 16.5 Å².